The number of aliphatic hydroxyl groups is 1. The summed E-state index contributed by atoms with van der Waals surface area (Å²) in [4.78, 5) is 4.45. The Hall–Kier alpha value is -2.17. The zero-order chi connectivity index (χ0) is 17.3. The van der Waals surface area contributed by atoms with Crippen molar-refractivity contribution in [3.8, 4) is 11.6 Å². The van der Waals surface area contributed by atoms with Crippen molar-refractivity contribution in [2.24, 2.45) is 11.3 Å². The van der Waals surface area contributed by atoms with Crippen LogP contribution in [0.15, 0.2) is 60.3 Å². The maximum Gasteiger partial charge on any atom is 0.219 e. The van der Waals surface area contributed by atoms with Gasteiger partial charge in [0, 0.05) is 23.6 Å². The van der Waals surface area contributed by atoms with E-state index >= 15 is 0 Å². The number of aliphatic hydroxyl groups excluding tert-OH is 1. The fraction of sp³-hybridized carbons (Fsp3) is 0.381. The fourth-order valence-electron chi connectivity index (χ4n) is 3.82. The molecule has 1 aromatic heterocycles. The molecule has 130 valence electrons. The second-order valence-corrected chi connectivity index (χ2v) is 7.20. The summed E-state index contributed by atoms with van der Waals surface area (Å²) in [6.45, 7) is 2.94. The van der Waals surface area contributed by atoms with E-state index in [-0.39, 0.29) is 18.1 Å². The summed E-state index contributed by atoms with van der Waals surface area (Å²) in [5.41, 5.74) is 2.30. The molecule has 0 unspecified atom stereocenters. The van der Waals surface area contributed by atoms with E-state index in [1.807, 2.05) is 48.7 Å². The van der Waals surface area contributed by atoms with Gasteiger partial charge < -0.3 is 14.6 Å². The van der Waals surface area contributed by atoms with E-state index in [9.17, 15) is 5.11 Å². The van der Waals surface area contributed by atoms with Gasteiger partial charge in [0.05, 0.1) is 19.3 Å². The van der Waals surface area contributed by atoms with Crippen LogP contribution in [0.3, 0.4) is 0 Å². The van der Waals surface area contributed by atoms with Crippen LogP contribution >= 0.6 is 0 Å². The molecule has 4 rings (SSSR count). The molecule has 25 heavy (non-hydrogen) atoms. The lowest BCUT2D eigenvalue weighted by atomic mass is 9.67. The first-order chi connectivity index (χ1) is 12.2. The maximum atomic E-state index is 9.77. The molecule has 1 N–H and O–H groups in total. The van der Waals surface area contributed by atoms with Crippen LogP contribution in [-0.4, -0.2) is 23.3 Å². The van der Waals surface area contributed by atoms with Crippen LogP contribution in [-0.2, 0) is 4.74 Å². The Labute approximate surface area is 148 Å². The second kappa shape index (κ2) is 6.62. The lowest BCUT2D eigenvalue weighted by molar-refractivity contribution is -0.113. The van der Waals surface area contributed by atoms with Crippen LogP contribution in [0, 0.1) is 11.3 Å². The predicted molar refractivity (Wildman–Crippen MR) is 95.4 cm³/mol. The molecule has 1 saturated heterocycles. The van der Waals surface area contributed by atoms with Crippen molar-refractivity contribution >= 4 is 0 Å². The fourth-order valence-corrected chi connectivity index (χ4v) is 3.82. The van der Waals surface area contributed by atoms with Gasteiger partial charge in [0.2, 0.25) is 5.88 Å². The maximum absolute atomic E-state index is 9.77. The van der Waals surface area contributed by atoms with Crippen LogP contribution in [0.5, 0.6) is 11.6 Å². The van der Waals surface area contributed by atoms with Gasteiger partial charge in [-0.2, -0.15) is 0 Å². The molecule has 0 amide bonds. The van der Waals surface area contributed by atoms with Crippen molar-refractivity contribution < 1.29 is 14.6 Å². The quantitative estimate of drug-likeness (QED) is 0.846. The standard InChI is InChI=1S/C21H23NO3/c1-15-9-10-21(13-23)11-18(15)20(24-14-21)16-7-8-19(22-12-16)25-17-5-3-2-4-6-17/h2-9,12,18,20,23H,10-11,13-14H2,1H3/t18-,20-,21-/m1/s1. The van der Waals surface area contributed by atoms with Crippen LogP contribution in [0.1, 0.15) is 31.4 Å². The number of hydrogen-bond acceptors (Lipinski definition) is 4. The summed E-state index contributed by atoms with van der Waals surface area (Å²) in [5, 5.41) is 9.77. The van der Waals surface area contributed by atoms with Crippen LogP contribution in [0.25, 0.3) is 0 Å². The van der Waals surface area contributed by atoms with Crippen molar-refractivity contribution in [2.45, 2.75) is 25.9 Å². The molecule has 1 aliphatic heterocycles. The predicted octanol–water partition coefficient (Wildman–Crippen LogP) is 4.28. The van der Waals surface area contributed by atoms with E-state index in [0.717, 1.165) is 24.2 Å². The van der Waals surface area contributed by atoms with Gasteiger partial charge in [0.1, 0.15) is 5.75 Å². The monoisotopic (exact) mass is 337 g/mol. The Morgan fingerprint density at radius 1 is 1.24 bits per heavy atom. The third-order valence-corrected chi connectivity index (χ3v) is 5.42. The molecule has 2 aliphatic rings. The lowest BCUT2D eigenvalue weighted by Gasteiger charge is -2.47. The molecule has 0 radical (unpaired) electrons. The Balaban J connectivity index is 1.52. The van der Waals surface area contributed by atoms with Gasteiger partial charge >= 0.3 is 0 Å². The average Bonchev–Trinajstić information content (AvgIpc) is 2.67. The van der Waals surface area contributed by atoms with Gasteiger partial charge in [-0.25, -0.2) is 4.98 Å². The van der Waals surface area contributed by atoms with Gasteiger partial charge in [-0.05, 0) is 43.5 Å². The molecule has 2 bridgehead atoms. The highest BCUT2D eigenvalue weighted by Crippen LogP contribution is 2.50. The van der Waals surface area contributed by atoms with Gasteiger partial charge in [0.15, 0.2) is 0 Å². The lowest BCUT2D eigenvalue weighted by Crippen LogP contribution is -2.43. The van der Waals surface area contributed by atoms with E-state index in [0.29, 0.717) is 18.4 Å². The van der Waals surface area contributed by atoms with Crippen LogP contribution < -0.4 is 4.74 Å². The van der Waals surface area contributed by atoms with E-state index in [1.54, 1.807) is 0 Å². The van der Waals surface area contributed by atoms with Gasteiger partial charge in [-0.1, -0.05) is 29.8 Å². The number of ether oxygens (including phenoxy) is 2. The number of pyridine rings is 1. The number of para-hydroxylation sites is 1. The normalized spacial score (nSPS) is 28.3. The van der Waals surface area contributed by atoms with Gasteiger partial charge in [-0.15, -0.1) is 0 Å². The summed E-state index contributed by atoms with van der Waals surface area (Å²) in [6, 6.07) is 13.6. The molecule has 1 aromatic carbocycles. The molecule has 4 heteroatoms. The first-order valence-electron chi connectivity index (χ1n) is 8.77. The Morgan fingerprint density at radius 3 is 2.80 bits per heavy atom. The molecule has 2 aromatic rings. The zero-order valence-electron chi connectivity index (χ0n) is 14.4. The van der Waals surface area contributed by atoms with E-state index in [2.05, 4.69) is 18.0 Å². The third-order valence-electron chi connectivity index (χ3n) is 5.42. The number of hydrogen-bond donors (Lipinski definition) is 1. The van der Waals surface area contributed by atoms with Crippen LogP contribution in [0.2, 0.25) is 0 Å². The van der Waals surface area contributed by atoms with E-state index in [1.165, 1.54) is 5.57 Å². The summed E-state index contributed by atoms with van der Waals surface area (Å²) >= 11 is 0. The van der Waals surface area contributed by atoms with Crippen molar-refractivity contribution in [2.75, 3.05) is 13.2 Å². The van der Waals surface area contributed by atoms with Gasteiger partial charge in [0.25, 0.3) is 0 Å². The Morgan fingerprint density at radius 2 is 2.08 bits per heavy atom. The Kier molecular flexibility index (Phi) is 4.32. The average molecular weight is 337 g/mol. The first kappa shape index (κ1) is 16.3. The van der Waals surface area contributed by atoms with Crippen LogP contribution in [0.4, 0.5) is 0 Å². The number of aromatic nitrogens is 1. The molecule has 3 atom stereocenters. The SMILES string of the molecule is CC1=CC[C@@]2(CO)CO[C@H](c3ccc(Oc4ccccc4)nc3)[C@@H]1C2. The van der Waals surface area contributed by atoms with Gasteiger partial charge in [-0.3, -0.25) is 0 Å². The highest BCUT2D eigenvalue weighted by atomic mass is 16.5. The molecule has 2 heterocycles. The topological polar surface area (TPSA) is 51.6 Å². The number of nitrogens with zero attached hydrogens (tertiary/aromatic N) is 1. The highest BCUT2D eigenvalue weighted by Gasteiger charge is 2.44. The first-order valence-corrected chi connectivity index (χ1v) is 8.77. The molecule has 1 aliphatic carbocycles. The minimum Gasteiger partial charge on any atom is -0.439 e. The number of rotatable bonds is 4. The highest BCUT2D eigenvalue weighted by molar-refractivity contribution is 5.29. The third kappa shape index (κ3) is 3.20. The molecular formula is C21H23NO3. The summed E-state index contributed by atoms with van der Waals surface area (Å²) in [5.74, 6) is 1.65. The largest absolute Gasteiger partial charge is 0.439 e. The van der Waals surface area contributed by atoms with E-state index < -0.39 is 0 Å². The molecule has 4 nitrogen and oxygen atoms in total. The molecule has 0 spiro atoms. The van der Waals surface area contributed by atoms with Crippen molar-refractivity contribution in [3.05, 3.63) is 65.9 Å². The minimum atomic E-state index is -0.107. The number of benzene rings is 1. The van der Waals surface area contributed by atoms with Crippen molar-refractivity contribution in [1.82, 2.24) is 4.98 Å². The Bertz CT molecular complexity index is 756. The van der Waals surface area contributed by atoms with Crippen molar-refractivity contribution in [3.63, 3.8) is 0 Å². The van der Waals surface area contributed by atoms with Crippen molar-refractivity contribution in [1.29, 1.82) is 0 Å². The molecule has 1 fully saturated rings. The number of allylic oxidation sites excluding steroid dienone is 1. The summed E-state index contributed by atoms with van der Waals surface area (Å²) in [7, 11) is 0. The second-order valence-electron chi connectivity index (χ2n) is 7.20. The minimum absolute atomic E-state index is 0.00509. The smallest absolute Gasteiger partial charge is 0.219 e. The zero-order valence-corrected chi connectivity index (χ0v) is 14.4. The molecule has 0 saturated carbocycles. The number of fused-ring (bicyclic) bond motifs is 2. The summed E-state index contributed by atoms with van der Waals surface area (Å²) in [6.07, 6.45) is 5.98. The summed E-state index contributed by atoms with van der Waals surface area (Å²) < 4.78 is 11.9. The van der Waals surface area contributed by atoms with E-state index in [4.69, 9.17) is 9.47 Å². The molecular weight excluding hydrogens is 314 g/mol.